The Morgan fingerprint density at radius 3 is 2.58 bits per heavy atom. The summed E-state index contributed by atoms with van der Waals surface area (Å²) in [6.45, 7) is 0.924. The highest BCUT2D eigenvalue weighted by atomic mass is 32.2. The predicted molar refractivity (Wildman–Crippen MR) is 91.8 cm³/mol. The summed E-state index contributed by atoms with van der Waals surface area (Å²) >= 11 is 0. The molecule has 1 aromatic rings. The fraction of sp³-hybridized carbons (Fsp3) is 0.588. The average molecular weight is 384 g/mol. The van der Waals surface area contributed by atoms with Crippen molar-refractivity contribution in [1.29, 1.82) is 0 Å². The third-order valence-corrected chi connectivity index (χ3v) is 7.35. The number of carbonyl (C=O) groups excluding carboxylic acids is 1. The van der Waals surface area contributed by atoms with E-state index in [1.54, 1.807) is 0 Å². The van der Waals surface area contributed by atoms with Crippen molar-refractivity contribution in [3.05, 3.63) is 30.1 Å². The minimum Gasteiger partial charge on any atom is -0.377 e. The van der Waals surface area contributed by atoms with Gasteiger partial charge in [0.2, 0.25) is 10.0 Å². The number of sulfonamides is 1. The van der Waals surface area contributed by atoms with Crippen LogP contribution in [0.2, 0.25) is 0 Å². The molecule has 1 saturated carbocycles. The van der Waals surface area contributed by atoms with Crippen LogP contribution in [0.25, 0.3) is 0 Å². The number of halogens is 1. The summed E-state index contributed by atoms with van der Waals surface area (Å²) in [6.07, 6.45) is 1.38. The lowest BCUT2D eigenvalue weighted by atomic mass is 10.0. The molecule has 142 valence electrons. The first-order valence-corrected chi connectivity index (χ1v) is 10.2. The molecule has 7 nitrogen and oxygen atoms in total. The fourth-order valence-corrected chi connectivity index (χ4v) is 5.32. The molecule has 26 heavy (non-hydrogen) atoms. The summed E-state index contributed by atoms with van der Waals surface area (Å²) in [5, 5.41) is -0.309. The highest BCUT2D eigenvalue weighted by molar-refractivity contribution is 7.90. The smallest absolute Gasteiger partial charge is 0.253 e. The molecule has 1 aromatic carbocycles. The van der Waals surface area contributed by atoms with Gasteiger partial charge in [-0.3, -0.25) is 4.79 Å². The first kappa shape index (κ1) is 17.8. The second-order valence-corrected chi connectivity index (χ2v) is 9.27. The molecule has 0 unspecified atom stereocenters. The number of hydrogen-bond donors (Lipinski definition) is 0. The van der Waals surface area contributed by atoms with Crippen molar-refractivity contribution < 1.29 is 27.1 Å². The normalized spacial score (nSPS) is 28.3. The van der Waals surface area contributed by atoms with Gasteiger partial charge in [-0.1, -0.05) is 0 Å². The number of amides is 1. The van der Waals surface area contributed by atoms with Crippen LogP contribution in [0.3, 0.4) is 0 Å². The van der Waals surface area contributed by atoms with Crippen LogP contribution in [0.15, 0.2) is 24.3 Å². The molecule has 4 rings (SSSR count). The molecular weight excluding hydrogens is 363 g/mol. The van der Waals surface area contributed by atoms with Crippen LogP contribution < -0.4 is 4.90 Å². The van der Waals surface area contributed by atoms with Crippen molar-refractivity contribution in [2.45, 2.75) is 23.7 Å². The molecule has 3 aliphatic rings. The Labute approximate surface area is 151 Å². The summed E-state index contributed by atoms with van der Waals surface area (Å²) in [7, 11) is -3.37. The van der Waals surface area contributed by atoms with E-state index in [1.807, 2.05) is 0 Å². The van der Waals surface area contributed by atoms with E-state index in [4.69, 9.17) is 9.47 Å². The molecule has 0 radical (unpaired) electrons. The zero-order valence-corrected chi connectivity index (χ0v) is 15.1. The van der Waals surface area contributed by atoms with E-state index in [9.17, 15) is 17.6 Å². The SMILES string of the molecule is O=C1CO[C@]2(COCCN(S(=O)(=O)C3CC3)C2)CN1c1ccc(F)cc1. The van der Waals surface area contributed by atoms with Gasteiger partial charge in [0.15, 0.2) is 0 Å². The zero-order valence-electron chi connectivity index (χ0n) is 14.3. The standard InChI is InChI=1S/C17H21FN2O5S/c18-13-1-3-14(4-2-13)20-11-17(25-9-16(20)21)10-19(7-8-24-12-17)26(22,23)15-5-6-15/h1-4,15H,5-12H2/t17-/m0/s1. The lowest BCUT2D eigenvalue weighted by molar-refractivity contribution is -0.145. The van der Waals surface area contributed by atoms with E-state index in [2.05, 4.69) is 0 Å². The third kappa shape index (κ3) is 3.36. The van der Waals surface area contributed by atoms with Gasteiger partial charge in [-0.25, -0.2) is 12.8 Å². The van der Waals surface area contributed by atoms with Gasteiger partial charge in [-0.2, -0.15) is 4.31 Å². The maximum absolute atomic E-state index is 13.2. The first-order chi connectivity index (χ1) is 12.4. The third-order valence-electron chi connectivity index (χ3n) is 5.01. The quantitative estimate of drug-likeness (QED) is 0.769. The van der Waals surface area contributed by atoms with Crippen molar-refractivity contribution in [2.24, 2.45) is 0 Å². The Bertz CT molecular complexity index is 796. The molecular formula is C17H21FN2O5S. The van der Waals surface area contributed by atoms with Crippen LogP contribution >= 0.6 is 0 Å². The Kier molecular flexibility index (Phi) is 4.50. The van der Waals surface area contributed by atoms with Gasteiger partial charge >= 0.3 is 0 Å². The lowest BCUT2D eigenvalue weighted by Crippen LogP contribution is -2.61. The van der Waals surface area contributed by atoms with Gasteiger partial charge < -0.3 is 14.4 Å². The van der Waals surface area contributed by atoms with Crippen molar-refractivity contribution in [3.63, 3.8) is 0 Å². The van der Waals surface area contributed by atoms with Gasteiger partial charge in [-0.15, -0.1) is 0 Å². The van der Waals surface area contributed by atoms with Gasteiger partial charge in [0.25, 0.3) is 5.91 Å². The van der Waals surface area contributed by atoms with Crippen LogP contribution in [-0.2, 0) is 24.3 Å². The molecule has 1 atom stereocenters. The highest BCUT2D eigenvalue weighted by Crippen LogP contribution is 2.34. The van der Waals surface area contributed by atoms with Crippen LogP contribution in [0.1, 0.15) is 12.8 Å². The summed E-state index contributed by atoms with van der Waals surface area (Å²) in [5.74, 6) is -0.633. The number of anilines is 1. The maximum atomic E-state index is 13.2. The second-order valence-electron chi connectivity index (χ2n) is 7.06. The Morgan fingerprint density at radius 2 is 1.88 bits per heavy atom. The van der Waals surface area contributed by atoms with Gasteiger partial charge in [0.05, 0.1) is 25.0 Å². The van der Waals surface area contributed by atoms with Crippen molar-refractivity contribution in [1.82, 2.24) is 4.31 Å². The lowest BCUT2D eigenvalue weighted by Gasteiger charge is -2.42. The molecule has 3 fully saturated rings. The summed E-state index contributed by atoms with van der Waals surface area (Å²) in [6, 6.07) is 5.64. The molecule has 1 spiro atoms. The average Bonchev–Trinajstić information content (AvgIpc) is 3.46. The van der Waals surface area contributed by atoms with Crippen LogP contribution in [0, 0.1) is 5.82 Å². The molecule has 2 heterocycles. The number of benzene rings is 1. The minimum absolute atomic E-state index is 0.150. The largest absolute Gasteiger partial charge is 0.377 e. The molecule has 2 saturated heterocycles. The molecule has 1 amide bonds. The van der Waals surface area contributed by atoms with Gasteiger partial charge in [-0.05, 0) is 37.1 Å². The van der Waals surface area contributed by atoms with E-state index < -0.39 is 15.6 Å². The first-order valence-electron chi connectivity index (χ1n) is 8.66. The second kappa shape index (κ2) is 6.56. The summed E-state index contributed by atoms with van der Waals surface area (Å²) < 4.78 is 51.4. The van der Waals surface area contributed by atoms with E-state index >= 15 is 0 Å². The highest BCUT2D eigenvalue weighted by Gasteiger charge is 2.48. The molecule has 9 heteroatoms. The predicted octanol–water partition coefficient (Wildman–Crippen LogP) is 0.752. The van der Waals surface area contributed by atoms with E-state index in [0.717, 1.165) is 0 Å². The summed E-state index contributed by atoms with van der Waals surface area (Å²) in [5.41, 5.74) is -0.374. The van der Waals surface area contributed by atoms with E-state index in [0.29, 0.717) is 25.1 Å². The van der Waals surface area contributed by atoms with Crippen molar-refractivity contribution in [3.8, 4) is 0 Å². The molecule has 0 N–H and O–H groups in total. The number of ether oxygens (including phenoxy) is 2. The number of nitrogens with zero attached hydrogens (tertiary/aromatic N) is 2. The number of hydrogen-bond acceptors (Lipinski definition) is 5. The summed E-state index contributed by atoms with van der Waals surface area (Å²) in [4.78, 5) is 13.8. The van der Waals surface area contributed by atoms with Crippen LogP contribution in [0.4, 0.5) is 10.1 Å². The monoisotopic (exact) mass is 384 g/mol. The minimum atomic E-state index is -3.37. The topological polar surface area (TPSA) is 76.1 Å². The maximum Gasteiger partial charge on any atom is 0.253 e. The number of morpholine rings is 1. The van der Waals surface area contributed by atoms with Gasteiger partial charge in [0.1, 0.15) is 18.0 Å². The van der Waals surface area contributed by atoms with Crippen molar-refractivity contribution >= 4 is 21.6 Å². The molecule has 2 aliphatic heterocycles. The van der Waals surface area contributed by atoms with E-state index in [-0.39, 0.29) is 49.8 Å². The molecule has 1 aliphatic carbocycles. The molecule has 0 aromatic heterocycles. The Hall–Kier alpha value is -1.55. The number of carbonyl (C=O) groups is 1. The molecule has 0 bridgehead atoms. The van der Waals surface area contributed by atoms with Crippen LogP contribution in [0.5, 0.6) is 0 Å². The number of rotatable bonds is 3. The zero-order chi connectivity index (χ0) is 18.4. The van der Waals surface area contributed by atoms with E-state index in [1.165, 1.54) is 33.5 Å². The van der Waals surface area contributed by atoms with Gasteiger partial charge in [0, 0.05) is 18.8 Å². The van der Waals surface area contributed by atoms with Crippen LogP contribution in [-0.4, -0.2) is 68.9 Å². The van der Waals surface area contributed by atoms with Crippen molar-refractivity contribution in [2.75, 3.05) is 44.4 Å². The Balaban J connectivity index is 1.59. The Morgan fingerprint density at radius 1 is 1.15 bits per heavy atom. The fourth-order valence-electron chi connectivity index (χ4n) is 3.42.